The molecule has 2 aliphatic heterocycles. The number of ether oxygens (including phenoxy) is 2. The van der Waals surface area contributed by atoms with Crippen molar-refractivity contribution in [2.24, 2.45) is 5.16 Å². The van der Waals surface area contributed by atoms with Crippen molar-refractivity contribution >= 4 is 23.0 Å². The second-order valence-electron chi connectivity index (χ2n) is 7.29. The highest BCUT2D eigenvalue weighted by Crippen LogP contribution is 2.33. The molecular formula is C23H19FN2O4S. The molecule has 1 atom stereocenters. The summed E-state index contributed by atoms with van der Waals surface area (Å²) in [6, 6.07) is 15.7. The normalized spacial score (nSPS) is 16.7. The van der Waals surface area contributed by atoms with Crippen molar-refractivity contribution in [3.63, 3.8) is 0 Å². The standard InChI is InChI=1S/C23H19FN2O4S/c24-18-5-2-1-4-16(18)12-26(23(27)22-6-3-9-31-22)13-17-11-19(25-30-17)15-7-8-20-21(10-15)29-14-28-20/h1-10,17H,11-14H2. The Morgan fingerprint density at radius 2 is 2.00 bits per heavy atom. The van der Waals surface area contributed by atoms with E-state index in [0.29, 0.717) is 34.9 Å². The summed E-state index contributed by atoms with van der Waals surface area (Å²) in [5, 5.41) is 6.07. The number of halogens is 1. The third-order valence-electron chi connectivity index (χ3n) is 5.20. The summed E-state index contributed by atoms with van der Waals surface area (Å²) in [4.78, 5) is 20.9. The quantitative estimate of drug-likeness (QED) is 0.571. The average molecular weight is 438 g/mol. The summed E-state index contributed by atoms with van der Waals surface area (Å²) >= 11 is 1.36. The van der Waals surface area contributed by atoms with Gasteiger partial charge in [0.15, 0.2) is 17.6 Å². The number of nitrogens with zero attached hydrogens (tertiary/aromatic N) is 2. The maximum absolute atomic E-state index is 14.3. The van der Waals surface area contributed by atoms with Gasteiger partial charge in [-0.2, -0.15) is 0 Å². The van der Waals surface area contributed by atoms with Crippen LogP contribution in [0.3, 0.4) is 0 Å². The van der Waals surface area contributed by atoms with Gasteiger partial charge >= 0.3 is 0 Å². The maximum Gasteiger partial charge on any atom is 0.264 e. The molecular weight excluding hydrogens is 419 g/mol. The second kappa shape index (κ2) is 8.39. The maximum atomic E-state index is 14.3. The van der Waals surface area contributed by atoms with Crippen molar-refractivity contribution < 1.29 is 23.5 Å². The number of thiophene rings is 1. The van der Waals surface area contributed by atoms with Crippen LogP contribution in [-0.2, 0) is 11.4 Å². The molecule has 0 bridgehead atoms. The minimum Gasteiger partial charge on any atom is -0.454 e. The predicted molar refractivity (Wildman–Crippen MR) is 114 cm³/mol. The van der Waals surface area contributed by atoms with Gasteiger partial charge in [-0.25, -0.2) is 4.39 Å². The van der Waals surface area contributed by atoms with Crippen LogP contribution in [0.4, 0.5) is 4.39 Å². The molecule has 5 rings (SSSR count). The van der Waals surface area contributed by atoms with E-state index in [9.17, 15) is 9.18 Å². The zero-order chi connectivity index (χ0) is 21.2. The Bertz CT molecular complexity index is 1130. The largest absolute Gasteiger partial charge is 0.454 e. The van der Waals surface area contributed by atoms with Crippen LogP contribution in [0.2, 0.25) is 0 Å². The molecule has 0 aliphatic carbocycles. The molecule has 31 heavy (non-hydrogen) atoms. The van der Waals surface area contributed by atoms with E-state index in [1.807, 2.05) is 29.6 Å². The highest BCUT2D eigenvalue weighted by Gasteiger charge is 2.29. The minimum absolute atomic E-state index is 0.154. The van der Waals surface area contributed by atoms with E-state index in [1.165, 1.54) is 17.4 Å². The summed E-state index contributed by atoms with van der Waals surface area (Å²) < 4.78 is 25.0. The van der Waals surface area contributed by atoms with E-state index in [2.05, 4.69) is 5.16 Å². The van der Waals surface area contributed by atoms with Crippen molar-refractivity contribution in [1.29, 1.82) is 0 Å². The van der Waals surface area contributed by atoms with Gasteiger partial charge in [-0.15, -0.1) is 11.3 Å². The van der Waals surface area contributed by atoms with Crippen LogP contribution in [0.5, 0.6) is 11.5 Å². The summed E-state index contributed by atoms with van der Waals surface area (Å²) in [5.74, 6) is 0.893. The highest BCUT2D eigenvalue weighted by atomic mass is 32.1. The van der Waals surface area contributed by atoms with Crippen molar-refractivity contribution in [2.75, 3.05) is 13.3 Å². The average Bonchev–Trinajstić information content (AvgIpc) is 3.55. The van der Waals surface area contributed by atoms with Crippen LogP contribution < -0.4 is 9.47 Å². The van der Waals surface area contributed by atoms with E-state index in [-0.39, 0.29) is 31.2 Å². The molecule has 2 aromatic carbocycles. The third-order valence-corrected chi connectivity index (χ3v) is 6.06. The van der Waals surface area contributed by atoms with Gasteiger partial charge in [-0.3, -0.25) is 4.79 Å². The molecule has 0 radical (unpaired) electrons. The molecule has 1 amide bonds. The molecule has 3 aromatic rings. The molecule has 2 aliphatic rings. The first kappa shape index (κ1) is 19.6. The lowest BCUT2D eigenvalue weighted by Gasteiger charge is -2.24. The number of carbonyl (C=O) groups excluding carboxylic acids is 1. The topological polar surface area (TPSA) is 60.4 Å². The van der Waals surface area contributed by atoms with Crippen LogP contribution >= 0.6 is 11.3 Å². The fourth-order valence-corrected chi connectivity index (χ4v) is 4.32. The van der Waals surface area contributed by atoms with Crippen LogP contribution in [0.15, 0.2) is 65.1 Å². The smallest absolute Gasteiger partial charge is 0.264 e. The first-order valence-electron chi connectivity index (χ1n) is 9.86. The summed E-state index contributed by atoms with van der Waals surface area (Å²) in [5.41, 5.74) is 2.12. The molecule has 0 fully saturated rings. The van der Waals surface area contributed by atoms with Crippen molar-refractivity contribution in [3.8, 4) is 11.5 Å². The summed E-state index contributed by atoms with van der Waals surface area (Å²) in [7, 11) is 0. The Morgan fingerprint density at radius 1 is 1.13 bits per heavy atom. The fraction of sp³-hybridized carbons (Fsp3) is 0.217. The number of rotatable bonds is 6. The monoisotopic (exact) mass is 438 g/mol. The zero-order valence-corrected chi connectivity index (χ0v) is 17.3. The number of fused-ring (bicyclic) bond motifs is 1. The Hall–Kier alpha value is -3.39. The van der Waals surface area contributed by atoms with Crippen LogP contribution in [0, 0.1) is 5.82 Å². The van der Waals surface area contributed by atoms with E-state index in [0.717, 1.165) is 11.3 Å². The lowest BCUT2D eigenvalue weighted by Crippen LogP contribution is -2.37. The van der Waals surface area contributed by atoms with Gasteiger partial charge in [0.2, 0.25) is 6.79 Å². The molecule has 0 saturated heterocycles. The van der Waals surface area contributed by atoms with Crippen LogP contribution in [0.25, 0.3) is 0 Å². The lowest BCUT2D eigenvalue weighted by atomic mass is 10.0. The van der Waals surface area contributed by atoms with Gasteiger partial charge in [-0.05, 0) is 35.7 Å². The van der Waals surface area contributed by atoms with E-state index >= 15 is 0 Å². The molecule has 6 nitrogen and oxygen atoms in total. The van der Waals surface area contributed by atoms with Gasteiger partial charge in [0.25, 0.3) is 5.91 Å². The zero-order valence-electron chi connectivity index (χ0n) is 16.5. The molecule has 0 spiro atoms. The molecule has 0 saturated carbocycles. The van der Waals surface area contributed by atoms with Gasteiger partial charge in [-0.1, -0.05) is 29.4 Å². The molecule has 1 unspecified atom stereocenters. The second-order valence-corrected chi connectivity index (χ2v) is 8.24. The highest BCUT2D eigenvalue weighted by molar-refractivity contribution is 7.12. The molecule has 0 N–H and O–H groups in total. The summed E-state index contributed by atoms with van der Waals surface area (Å²) in [6.45, 7) is 0.658. The van der Waals surface area contributed by atoms with Crippen LogP contribution in [0.1, 0.15) is 27.2 Å². The van der Waals surface area contributed by atoms with Crippen LogP contribution in [-0.4, -0.2) is 36.0 Å². The number of hydrogen-bond donors (Lipinski definition) is 0. The lowest BCUT2D eigenvalue weighted by molar-refractivity contribution is 0.0406. The van der Waals surface area contributed by atoms with E-state index < -0.39 is 0 Å². The third kappa shape index (κ3) is 4.11. The SMILES string of the molecule is O=C(c1cccs1)N(Cc1ccccc1F)CC1CC(c2ccc3c(c2)OCO3)=NO1. The molecule has 3 heterocycles. The van der Waals surface area contributed by atoms with Gasteiger partial charge in [0.1, 0.15) is 5.82 Å². The molecule has 1 aromatic heterocycles. The first-order valence-corrected chi connectivity index (χ1v) is 10.7. The first-order chi connectivity index (χ1) is 15.2. The Morgan fingerprint density at radius 3 is 2.84 bits per heavy atom. The Balaban J connectivity index is 1.31. The molecule has 158 valence electrons. The van der Waals surface area contributed by atoms with Crippen molar-refractivity contribution in [2.45, 2.75) is 19.1 Å². The fourth-order valence-electron chi connectivity index (χ4n) is 3.63. The number of benzene rings is 2. The predicted octanol–water partition coefficient (Wildman–Crippen LogP) is 4.45. The number of oxime groups is 1. The van der Waals surface area contributed by atoms with Crippen molar-refractivity contribution in [1.82, 2.24) is 4.90 Å². The van der Waals surface area contributed by atoms with Crippen molar-refractivity contribution in [3.05, 3.63) is 81.8 Å². The molecule has 8 heteroatoms. The minimum atomic E-state index is -0.337. The number of hydrogen-bond acceptors (Lipinski definition) is 6. The Labute approximate surface area is 182 Å². The number of carbonyl (C=O) groups is 1. The Kier molecular flexibility index (Phi) is 5.30. The van der Waals surface area contributed by atoms with Gasteiger partial charge < -0.3 is 19.2 Å². The number of amides is 1. The van der Waals surface area contributed by atoms with Gasteiger partial charge in [0.05, 0.1) is 17.1 Å². The summed E-state index contributed by atoms with van der Waals surface area (Å²) in [6.07, 6.45) is 0.210. The van der Waals surface area contributed by atoms with E-state index in [1.54, 1.807) is 29.2 Å². The van der Waals surface area contributed by atoms with Gasteiger partial charge in [0, 0.05) is 24.1 Å². The van der Waals surface area contributed by atoms with E-state index in [4.69, 9.17) is 14.3 Å².